The first-order chi connectivity index (χ1) is 18.4. The zero-order valence-electron chi connectivity index (χ0n) is 24.0. The molecule has 0 aromatic heterocycles. The van der Waals surface area contributed by atoms with Crippen LogP contribution in [0.25, 0.3) is 0 Å². The van der Waals surface area contributed by atoms with Crippen LogP contribution in [0.1, 0.15) is 60.7 Å². The fourth-order valence-electron chi connectivity index (χ4n) is 5.67. The average molecular weight is 559 g/mol. The summed E-state index contributed by atoms with van der Waals surface area (Å²) in [6.07, 6.45) is 1.45. The molecule has 3 unspecified atom stereocenters. The van der Waals surface area contributed by atoms with Crippen LogP contribution < -0.4 is 4.74 Å². The Bertz CT molecular complexity index is 1280. The van der Waals surface area contributed by atoms with Crippen LogP contribution in [0.4, 0.5) is 0 Å². The van der Waals surface area contributed by atoms with E-state index in [0.29, 0.717) is 43.9 Å². The van der Waals surface area contributed by atoms with Gasteiger partial charge in [0.1, 0.15) is 18.0 Å². The lowest BCUT2D eigenvalue weighted by Crippen LogP contribution is -2.46. The number of nitrogens with zero attached hydrogens (tertiary/aromatic N) is 2. The molecule has 0 radical (unpaired) electrons. The van der Waals surface area contributed by atoms with Crippen molar-refractivity contribution in [2.45, 2.75) is 76.6 Å². The quantitative estimate of drug-likeness (QED) is 0.459. The van der Waals surface area contributed by atoms with Gasteiger partial charge in [0.05, 0.1) is 24.4 Å². The van der Waals surface area contributed by atoms with Gasteiger partial charge in [0.15, 0.2) is 0 Å². The molecular formula is C30H42N2O6S. The predicted molar refractivity (Wildman–Crippen MR) is 152 cm³/mol. The second-order valence-electron chi connectivity index (χ2n) is 11.3. The molecule has 2 fully saturated rings. The molecule has 214 valence electrons. The summed E-state index contributed by atoms with van der Waals surface area (Å²) in [6, 6.07) is 13.0. The Morgan fingerprint density at radius 3 is 2.56 bits per heavy atom. The zero-order chi connectivity index (χ0) is 28.4. The molecule has 4 rings (SSSR count). The molecule has 3 atom stereocenters. The van der Waals surface area contributed by atoms with Crippen molar-refractivity contribution in [3.05, 3.63) is 64.7 Å². The van der Waals surface area contributed by atoms with Gasteiger partial charge in [-0.25, -0.2) is 12.7 Å². The lowest BCUT2D eigenvalue weighted by molar-refractivity contribution is -0.0708. The number of hydrogen-bond donors (Lipinski definition) is 0. The van der Waals surface area contributed by atoms with Crippen LogP contribution in [-0.2, 0) is 31.7 Å². The molecule has 2 aliphatic heterocycles. The molecule has 2 heterocycles. The summed E-state index contributed by atoms with van der Waals surface area (Å²) in [7, 11) is -0.257. The fraction of sp³-hybridized carbons (Fsp3) is 0.567. The van der Waals surface area contributed by atoms with Crippen molar-refractivity contribution in [1.29, 1.82) is 0 Å². The molecule has 2 aromatic rings. The lowest BCUT2D eigenvalue weighted by Gasteiger charge is -2.39. The number of carbonyl (C=O) groups excluding carboxylic acids is 1. The normalized spacial score (nSPS) is 23.3. The van der Waals surface area contributed by atoms with E-state index in [1.54, 1.807) is 37.3 Å². The van der Waals surface area contributed by atoms with Crippen molar-refractivity contribution in [3.63, 3.8) is 0 Å². The number of ether oxygens (including phenoxy) is 3. The van der Waals surface area contributed by atoms with Gasteiger partial charge < -0.3 is 19.1 Å². The largest absolute Gasteiger partial charge is 0.486 e. The maximum absolute atomic E-state index is 13.5. The molecule has 0 N–H and O–H groups in total. The van der Waals surface area contributed by atoms with E-state index in [2.05, 4.69) is 6.92 Å². The van der Waals surface area contributed by atoms with Gasteiger partial charge in [0, 0.05) is 32.4 Å². The van der Waals surface area contributed by atoms with Gasteiger partial charge in [0.2, 0.25) is 10.0 Å². The van der Waals surface area contributed by atoms with Crippen LogP contribution in [0.3, 0.4) is 0 Å². The highest BCUT2D eigenvalue weighted by Crippen LogP contribution is 2.30. The summed E-state index contributed by atoms with van der Waals surface area (Å²) >= 11 is 0. The van der Waals surface area contributed by atoms with Gasteiger partial charge >= 0.3 is 0 Å². The monoisotopic (exact) mass is 558 g/mol. The Labute approximate surface area is 233 Å². The highest BCUT2D eigenvalue weighted by atomic mass is 32.2. The molecule has 1 amide bonds. The topological polar surface area (TPSA) is 85.4 Å². The van der Waals surface area contributed by atoms with Crippen LogP contribution >= 0.6 is 0 Å². The van der Waals surface area contributed by atoms with Crippen molar-refractivity contribution in [3.8, 4) is 5.75 Å². The molecule has 0 saturated carbocycles. The molecule has 2 aromatic carbocycles. The Balaban J connectivity index is 1.45. The fourth-order valence-corrected chi connectivity index (χ4v) is 7.11. The van der Waals surface area contributed by atoms with E-state index in [1.807, 2.05) is 45.0 Å². The number of likely N-dealkylation sites (tertiary alicyclic amines) is 1. The van der Waals surface area contributed by atoms with E-state index in [1.165, 1.54) is 4.31 Å². The minimum absolute atomic E-state index is 0.0164. The van der Waals surface area contributed by atoms with Crippen molar-refractivity contribution in [2.24, 2.45) is 0 Å². The van der Waals surface area contributed by atoms with Gasteiger partial charge in [-0.2, -0.15) is 0 Å². The average Bonchev–Trinajstić information content (AvgIpc) is 3.29. The van der Waals surface area contributed by atoms with Crippen LogP contribution in [-0.4, -0.2) is 81.2 Å². The smallest absolute Gasteiger partial charge is 0.254 e. The number of methoxy groups -OCH3 is 1. The number of hydrogen-bond acceptors (Lipinski definition) is 6. The first-order valence-corrected chi connectivity index (χ1v) is 15.3. The Kier molecular flexibility index (Phi) is 9.05. The SMILES string of the molecule is CCc1cccc(C)c1C(=O)N1CC(OC)C(Oc2cccc(CS(=O)(=O)N(C)C3CCOC(C)(C)C3)c2)C1. The van der Waals surface area contributed by atoms with E-state index in [-0.39, 0.29) is 35.5 Å². The summed E-state index contributed by atoms with van der Waals surface area (Å²) in [5.74, 6) is 0.426. The number of carbonyl (C=O) groups is 1. The van der Waals surface area contributed by atoms with Gasteiger partial charge in [-0.05, 0) is 68.9 Å². The summed E-state index contributed by atoms with van der Waals surface area (Å²) in [5, 5.41) is 0. The number of amides is 1. The summed E-state index contributed by atoms with van der Waals surface area (Å²) in [4.78, 5) is 15.3. The van der Waals surface area contributed by atoms with E-state index >= 15 is 0 Å². The molecule has 8 nitrogen and oxygen atoms in total. The van der Waals surface area contributed by atoms with Crippen molar-refractivity contribution >= 4 is 15.9 Å². The van der Waals surface area contributed by atoms with Gasteiger partial charge in [-0.3, -0.25) is 4.79 Å². The minimum Gasteiger partial charge on any atom is -0.486 e. The van der Waals surface area contributed by atoms with Crippen LogP contribution in [0.5, 0.6) is 5.75 Å². The molecular weight excluding hydrogens is 516 g/mol. The molecule has 0 bridgehead atoms. The third kappa shape index (κ3) is 6.82. The third-order valence-electron chi connectivity index (χ3n) is 7.92. The first-order valence-electron chi connectivity index (χ1n) is 13.7. The minimum atomic E-state index is -3.54. The summed E-state index contributed by atoms with van der Waals surface area (Å²) in [6.45, 7) is 9.37. The number of benzene rings is 2. The second kappa shape index (κ2) is 12.0. The molecule has 9 heteroatoms. The molecule has 2 aliphatic rings. The molecule has 2 saturated heterocycles. The van der Waals surface area contributed by atoms with E-state index < -0.39 is 10.0 Å². The Morgan fingerprint density at radius 2 is 1.87 bits per heavy atom. The third-order valence-corrected chi connectivity index (χ3v) is 9.79. The predicted octanol–water partition coefficient (Wildman–Crippen LogP) is 4.20. The van der Waals surface area contributed by atoms with Gasteiger partial charge in [-0.1, -0.05) is 37.3 Å². The van der Waals surface area contributed by atoms with Crippen LogP contribution in [0.15, 0.2) is 42.5 Å². The zero-order valence-corrected chi connectivity index (χ0v) is 24.8. The van der Waals surface area contributed by atoms with Gasteiger partial charge in [0.25, 0.3) is 5.91 Å². The number of rotatable bonds is 9. The highest BCUT2D eigenvalue weighted by Gasteiger charge is 2.39. The maximum atomic E-state index is 13.5. The second-order valence-corrected chi connectivity index (χ2v) is 13.3. The van der Waals surface area contributed by atoms with E-state index in [0.717, 1.165) is 23.1 Å². The van der Waals surface area contributed by atoms with Crippen molar-refractivity contribution in [2.75, 3.05) is 33.9 Å². The molecule has 39 heavy (non-hydrogen) atoms. The van der Waals surface area contributed by atoms with Gasteiger partial charge in [-0.15, -0.1) is 0 Å². The maximum Gasteiger partial charge on any atom is 0.254 e. The van der Waals surface area contributed by atoms with Crippen molar-refractivity contribution in [1.82, 2.24) is 9.21 Å². The van der Waals surface area contributed by atoms with Crippen molar-refractivity contribution < 1.29 is 27.4 Å². The van der Waals surface area contributed by atoms with E-state index in [4.69, 9.17) is 14.2 Å². The summed E-state index contributed by atoms with van der Waals surface area (Å²) < 4.78 is 45.8. The lowest BCUT2D eigenvalue weighted by atomic mass is 9.94. The first kappa shape index (κ1) is 29.5. The van der Waals surface area contributed by atoms with E-state index in [9.17, 15) is 13.2 Å². The summed E-state index contributed by atoms with van der Waals surface area (Å²) in [5.41, 5.74) is 3.05. The van der Waals surface area contributed by atoms with Crippen LogP contribution in [0, 0.1) is 6.92 Å². The number of sulfonamides is 1. The molecule has 0 spiro atoms. The number of aryl methyl sites for hydroxylation is 2. The van der Waals surface area contributed by atoms with Crippen LogP contribution in [0.2, 0.25) is 0 Å². The molecule has 0 aliphatic carbocycles. The highest BCUT2D eigenvalue weighted by molar-refractivity contribution is 7.88. The standard InChI is InChI=1S/C30H42N2O6S/c1-7-23-12-8-10-21(2)28(23)29(33)32-18-26(36-6)27(19-32)38-25-13-9-11-22(16-25)20-39(34,35)31(5)24-14-15-37-30(3,4)17-24/h8-13,16,24,26-27H,7,14-15,17-20H2,1-6H3. The Hall–Kier alpha value is -2.46. The Morgan fingerprint density at radius 1 is 1.15 bits per heavy atom.